The van der Waals surface area contributed by atoms with Crippen LogP contribution in [0.5, 0.6) is 0 Å². The van der Waals surface area contributed by atoms with Gasteiger partial charge in [0.25, 0.3) is 0 Å². The van der Waals surface area contributed by atoms with E-state index in [0.29, 0.717) is 11.3 Å². The largest absolute Gasteiger partial charge is 0.465 e. The van der Waals surface area contributed by atoms with Crippen LogP contribution >= 0.6 is 0 Å². The van der Waals surface area contributed by atoms with Crippen LogP contribution in [0.15, 0.2) is 54.6 Å². The molecule has 5 heteroatoms. The van der Waals surface area contributed by atoms with E-state index >= 15 is 0 Å². The topological polar surface area (TPSA) is 79.2 Å². The van der Waals surface area contributed by atoms with Crippen LogP contribution in [0.3, 0.4) is 0 Å². The Morgan fingerprint density at radius 1 is 1.13 bits per heavy atom. The van der Waals surface area contributed by atoms with E-state index in [1.54, 1.807) is 54.6 Å². The van der Waals surface area contributed by atoms with Crippen molar-refractivity contribution in [2.24, 2.45) is 0 Å². The SMILES string of the molecule is COC(=O)c1ccccc1NC(=O)/C=C/c1ccc(C#N)cc1. The Hall–Kier alpha value is -3.39. The maximum atomic E-state index is 12.0. The van der Waals surface area contributed by atoms with Crippen molar-refractivity contribution in [2.45, 2.75) is 0 Å². The van der Waals surface area contributed by atoms with Crippen molar-refractivity contribution in [2.75, 3.05) is 12.4 Å². The molecule has 0 bridgehead atoms. The van der Waals surface area contributed by atoms with Crippen LogP contribution in [0.4, 0.5) is 5.69 Å². The fraction of sp³-hybridized carbons (Fsp3) is 0.0556. The number of benzene rings is 2. The zero-order chi connectivity index (χ0) is 16.7. The summed E-state index contributed by atoms with van der Waals surface area (Å²) in [6.07, 6.45) is 2.98. The first-order valence-electron chi connectivity index (χ1n) is 6.80. The summed E-state index contributed by atoms with van der Waals surface area (Å²) in [6, 6.07) is 15.5. The van der Waals surface area contributed by atoms with Crippen molar-refractivity contribution in [1.82, 2.24) is 0 Å². The number of nitrogens with one attached hydrogen (secondary N) is 1. The molecule has 0 heterocycles. The molecule has 0 fully saturated rings. The summed E-state index contributed by atoms with van der Waals surface area (Å²) in [6.45, 7) is 0. The van der Waals surface area contributed by atoms with Gasteiger partial charge in [0.2, 0.25) is 5.91 Å². The molecule has 5 nitrogen and oxygen atoms in total. The highest BCUT2D eigenvalue weighted by atomic mass is 16.5. The van der Waals surface area contributed by atoms with E-state index < -0.39 is 5.97 Å². The second-order valence-corrected chi connectivity index (χ2v) is 4.59. The number of rotatable bonds is 4. The average Bonchev–Trinajstić information content (AvgIpc) is 2.60. The molecular formula is C18H14N2O3. The van der Waals surface area contributed by atoms with Gasteiger partial charge in [-0.15, -0.1) is 0 Å². The van der Waals surface area contributed by atoms with Crippen LogP contribution in [0.1, 0.15) is 21.5 Å². The molecule has 0 saturated carbocycles. The third kappa shape index (κ3) is 4.29. The molecule has 2 aromatic rings. The summed E-state index contributed by atoms with van der Waals surface area (Å²) in [5, 5.41) is 11.4. The Morgan fingerprint density at radius 2 is 1.83 bits per heavy atom. The van der Waals surface area contributed by atoms with Crippen molar-refractivity contribution in [3.8, 4) is 6.07 Å². The lowest BCUT2D eigenvalue weighted by atomic mass is 10.1. The molecule has 0 spiro atoms. The van der Waals surface area contributed by atoms with Crippen LogP contribution in [0, 0.1) is 11.3 Å². The number of carbonyl (C=O) groups excluding carboxylic acids is 2. The Kier molecular flexibility index (Phi) is 5.26. The van der Waals surface area contributed by atoms with Gasteiger partial charge < -0.3 is 10.1 Å². The van der Waals surface area contributed by atoms with Gasteiger partial charge in [-0.1, -0.05) is 24.3 Å². The van der Waals surface area contributed by atoms with Crippen LogP contribution < -0.4 is 5.32 Å². The predicted molar refractivity (Wildman–Crippen MR) is 86.6 cm³/mol. The van der Waals surface area contributed by atoms with E-state index in [4.69, 9.17) is 5.26 Å². The number of amides is 1. The molecule has 0 aromatic heterocycles. The number of hydrogen-bond donors (Lipinski definition) is 1. The first-order chi connectivity index (χ1) is 11.1. The van der Waals surface area contributed by atoms with E-state index in [1.807, 2.05) is 6.07 Å². The van der Waals surface area contributed by atoms with Crippen molar-refractivity contribution in [3.05, 3.63) is 71.3 Å². The van der Waals surface area contributed by atoms with Crippen LogP contribution in [0.2, 0.25) is 0 Å². The van der Waals surface area contributed by atoms with Gasteiger partial charge in [-0.2, -0.15) is 5.26 Å². The Labute approximate surface area is 133 Å². The number of methoxy groups -OCH3 is 1. The van der Waals surface area contributed by atoms with Crippen LogP contribution in [-0.2, 0) is 9.53 Å². The van der Waals surface area contributed by atoms with Gasteiger partial charge >= 0.3 is 5.97 Å². The van der Waals surface area contributed by atoms with Crippen molar-refractivity contribution in [3.63, 3.8) is 0 Å². The second kappa shape index (κ2) is 7.57. The second-order valence-electron chi connectivity index (χ2n) is 4.59. The van der Waals surface area contributed by atoms with E-state index in [1.165, 1.54) is 13.2 Å². The number of esters is 1. The third-order valence-electron chi connectivity index (χ3n) is 3.06. The summed E-state index contributed by atoms with van der Waals surface area (Å²) in [5.74, 6) is -0.886. The third-order valence-corrected chi connectivity index (χ3v) is 3.06. The van der Waals surface area contributed by atoms with Crippen LogP contribution in [-0.4, -0.2) is 19.0 Å². The smallest absolute Gasteiger partial charge is 0.339 e. The van der Waals surface area contributed by atoms with Crippen molar-refractivity contribution < 1.29 is 14.3 Å². The molecule has 23 heavy (non-hydrogen) atoms. The molecule has 114 valence electrons. The van der Waals surface area contributed by atoms with Crippen molar-refractivity contribution >= 4 is 23.6 Å². The number of nitriles is 1. The number of hydrogen-bond acceptors (Lipinski definition) is 4. The minimum atomic E-state index is -0.517. The van der Waals surface area contributed by atoms with Gasteiger partial charge in [0.1, 0.15) is 0 Å². The Balaban J connectivity index is 2.09. The van der Waals surface area contributed by atoms with E-state index in [9.17, 15) is 9.59 Å². The highest BCUT2D eigenvalue weighted by molar-refractivity contribution is 6.06. The first kappa shape index (κ1) is 16.0. The number of nitrogens with zero attached hydrogens (tertiary/aromatic N) is 1. The lowest BCUT2D eigenvalue weighted by molar-refractivity contribution is -0.111. The first-order valence-corrected chi connectivity index (χ1v) is 6.80. The minimum Gasteiger partial charge on any atom is -0.465 e. The average molecular weight is 306 g/mol. The van der Waals surface area contributed by atoms with E-state index in [2.05, 4.69) is 10.1 Å². The maximum absolute atomic E-state index is 12.0. The lowest BCUT2D eigenvalue weighted by Crippen LogP contribution is -2.12. The number of para-hydroxylation sites is 1. The molecule has 0 aliphatic carbocycles. The van der Waals surface area contributed by atoms with E-state index in [0.717, 1.165) is 5.56 Å². The lowest BCUT2D eigenvalue weighted by Gasteiger charge is -2.07. The molecule has 2 rings (SSSR count). The zero-order valence-electron chi connectivity index (χ0n) is 12.4. The maximum Gasteiger partial charge on any atom is 0.339 e. The van der Waals surface area contributed by atoms with Gasteiger partial charge in [0.15, 0.2) is 0 Å². The molecule has 0 unspecified atom stereocenters. The van der Waals surface area contributed by atoms with Gasteiger partial charge in [-0.05, 0) is 35.9 Å². The zero-order valence-corrected chi connectivity index (χ0v) is 12.4. The van der Waals surface area contributed by atoms with Gasteiger partial charge in [0.05, 0.1) is 30.0 Å². The van der Waals surface area contributed by atoms with Crippen LogP contribution in [0.25, 0.3) is 6.08 Å². The Bertz CT molecular complexity index is 787. The van der Waals surface area contributed by atoms with E-state index in [-0.39, 0.29) is 11.5 Å². The summed E-state index contributed by atoms with van der Waals surface area (Å²) in [4.78, 5) is 23.6. The summed E-state index contributed by atoms with van der Waals surface area (Å²) in [7, 11) is 1.28. The number of carbonyl (C=O) groups is 2. The molecule has 1 amide bonds. The van der Waals surface area contributed by atoms with Gasteiger partial charge in [0, 0.05) is 6.08 Å². The minimum absolute atomic E-state index is 0.287. The molecule has 0 aliphatic rings. The highest BCUT2D eigenvalue weighted by Crippen LogP contribution is 2.16. The molecule has 0 aliphatic heterocycles. The summed E-state index contributed by atoms with van der Waals surface area (Å²) in [5.41, 5.74) is 2.02. The normalized spacial score (nSPS) is 10.1. The van der Waals surface area contributed by atoms with Gasteiger partial charge in [-0.3, -0.25) is 4.79 Å². The molecular weight excluding hydrogens is 292 g/mol. The fourth-order valence-corrected chi connectivity index (χ4v) is 1.90. The number of ether oxygens (including phenoxy) is 1. The molecule has 0 radical (unpaired) electrons. The monoisotopic (exact) mass is 306 g/mol. The fourth-order valence-electron chi connectivity index (χ4n) is 1.90. The standard InChI is InChI=1S/C18H14N2O3/c1-23-18(22)15-4-2-3-5-16(15)20-17(21)11-10-13-6-8-14(12-19)9-7-13/h2-11H,1H3,(H,20,21)/b11-10+. The molecule has 0 atom stereocenters. The quantitative estimate of drug-likeness (QED) is 0.695. The molecule has 0 saturated heterocycles. The summed E-state index contributed by atoms with van der Waals surface area (Å²) >= 11 is 0. The Morgan fingerprint density at radius 3 is 2.48 bits per heavy atom. The summed E-state index contributed by atoms with van der Waals surface area (Å²) < 4.78 is 4.68. The molecule has 1 N–H and O–H groups in total. The number of anilines is 1. The van der Waals surface area contributed by atoms with Gasteiger partial charge in [-0.25, -0.2) is 4.79 Å². The predicted octanol–water partition coefficient (Wildman–Crippen LogP) is 3.00. The van der Waals surface area contributed by atoms with Crippen molar-refractivity contribution in [1.29, 1.82) is 5.26 Å². The highest BCUT2D eigenvalue weighted by Gasteiger charge is 2.11. The molecule has 2 aromatic carbocycles.